The molecular formula is C14H17ClN4O2. The first-order chi connectivity index (χ1) is 10.0. The van der Waals surface area contributed by atoms with Gasteiger partial charge in [-0.1, -0.05) is 11.6 Å². The molecule has 0 spiro atoms. The van der Waals surface area contributed by atoms with Crippen LogP contribution in [0.5, 0.6) is 0 Å². The van der Waals surface area contributed by atoms with E-state index >= 15 is 0 Å². The molecule has 6 nitrogen and oxygen atoms in total. The predicted octanol–water partition coefficient (Wildman–Crippen LogP) is 1.89. The van der Waals surface area contributed by atoms with E-state index in [4.69, 9.17) is 16.3 Å². The summed E-state index contributed by atoms with van der Waals surface area (Å²) in [4.78, 5) is 17.8. The second kappa shape index (κ2) is 6.69. The van der Waals surface area contributed by atoms with Crippen LogP contribution in [0.3, 0.4) is 0 Å². The van der Waals surface area contributed by atoms with Gasteiger partial charge in [-0.25, -0.2) is 9.78 Å². The molecule has 1 aromatic heterocycles. The lowest BCUT2D eigenvalue weighted by Gasteiger charge is -2.17. The summed E-state index contributed by atoms with van der Waals surface area (Å²) in [6.45, 7) is 1.23. The fraction of sp³-hybridized carbons (Fsp3) is 0.357. The van der Waals surface area contributed by atoms with Crippen LogP contribution in [0.4, 0.5) is 0 Å². The van der Waals surface area contributed by atoms with Gasteiger partial charge in [-0.3, -0.25) is 9.58 Å². The topological polar surface area (TPSA) is 60.2 Å². The summed E-state index contributed by atoms with van der Waals surface area (Å²) in [5.74, 6) is 0.488. The van der Waals surface area contributed by atoms with Crippen LogP contribution in [0, 0.1) is 0 Å². The number of ether oxygens (including phenoxy) is 1. The summed E-state index contributed by atoms with van der Waals surface area (Å²) >= 11 is 6.19. The summed E-state index contributed by atoms with van der Waals surface area (Å²) in [7, 11) is 5.16. The van der Waals surface area contributed by atoms with Crippen molar-refractivity contribution in [3.63, 3.8) is 0 Å². The van der Waals surface area contributed by atoms with Crippen LogP contribution in [0.15, 0.2) is 24.5 Å². The van der Waals surface area contributed by atoms with Crippen molar-refractivity contribution < 1.29 is 9.53 Å². The molecule has 0 bridgehead atoms. The van der Waals surface area contributed by atoms with Crippen molar-refractivity contribution >= 4 is 17.6 Å². The number of methoxy groups -OCH3 is 1. The van der Waals surface area contributed by atoms with Crippen molar-refractivity contribution in [2.75, 3.05) is 14.2 Å². The molecule has 1 aromatic carbocycles. The second-order valence-corrected chi connectivity index (χ2v) is 5.18. The normalized spacial score (nSPS) is 10.9. The molecule has 0 N–H and O–H groups in total. The van der Waals surface area contributed by atoms with Crippen molar-refractivity contribution in [1.82, 2.24) is 19.7 Å². The Bertz CT molecular complexity index is 642. The number of halogens is 1. The van der Waals surface area contributed by atoms with E-state index in [2.05, 4.69) is 10.1 Å². The van der Waals surface area contributed by atoms with Gasteiger partial charge in [-0.2, -0.15) is 5.10 Å². The molecule has 0 aliphatic carbocycles. The first-order valence-corrected chi connectivity index (χ1v) is 6.77. The fourth-order valence-corrected chi connectivity index (χ4v) is 2.17. The minimum atomic E-state index is -0.371. The number of benzene rings is 1. The van der Waals surface area contributed by atoms with E-state index in [0.29, 0.717) is 23.7 Å². The van der Waals surface area contributed by atoms with Crippen LogP contribution in [-0.4, -0.2) is 39.8 Å². The highest BCUT2D eigenvalue weighted by atomic mass is 35.5. The minimum absolute atomic E-state index is 0.371. The van der Waals surface area contributed by atoms with Gasteiger partial charge in [-0.15, -0.1) is 0 Å². The third-order valence-electron chi connectivity index (χ3n) is 3.12. The third kappa shape index (κ3) is 3.80. The molecule has 7 heteroatoms. The Morgan fingerprint density at radius 2 is 2.19 bits per heavy atom. The third-order valence-corrected chi connectivity index (χ3v) is 3.49. The summed E-state index contributed by atoms with van der Waals surface area (Å²) < 4.78 is 6.45. The van der Waals surface area contributed by atoms with Crippen molar-refractivity contribution in [2.45, 2.75) is 13.1 Å². The van der Waals surface area contributed by atoms with Gasteiger partial charge >= 0.3 is 5.97 Å². The van der Waals surface area contributed by atoms with Gasteiger partial charge in [0.15, 0.2) is 0 Å². The average molecular weight is 309 g/mol. The Labute approximate surface area is 128 Å². The second-order valence-electron chi connectivity index (χ2n) is 4.77. The number of carbonyl (C=O) groups excluding carboxylic acids is 1. The van der Waals surface area contributed by atoms with Crippen molar-refractivity contribution in [2.24, 2.45) is 7.05 Å². The molecule has 0 saturated carbocycles. The molecule has 0 amide bonds. The van der Waals surface area contributed by atoms with Gasteiger partial charge in [-0.05, 0) is 30.8 Å². The van der Waals surface area contributed by atoms with Gasteiger partial charge in [0.25, 0.3) is 0 Å². The van der Waals surface area contributed by atoms with Crippen LogP contribution in [0.2, 0.25) is 5.02 Å². The van der Waals surface area contributed by atoms with Crippen LogP contribution in [0.25, 0.3) is 0 Å². The zero-order chi connectivity index (χ0) is 15.4. The number of rotatable bonds is 5. The average Bonchev–Trinajstić information content (AvgIpc) is 2.85. The molecule has 0 fully saturated rings. The molecule has 2 rings (SSSR count). The Morgan fingerprint density at radius 1 is 1.43 bits per heavy atom. The lowest BCUT2D eigenvalue weighted by Crippen LogP contribution is -2.20. The fourth-order valence-electron chi connectivity index (χ4n) is 1.99. The van der Waals surface area contributed by atoms with Gasteiger partial charge < -0.3 is 4.74 Å². The SMILES string of the molecule is COC(=O)c1ccc(Cl)c(CN(C)Cc2ncnn2C)c1. The maximum Gasteiger partial charge on any atom is 0.337 e. The maximum absolute atomic E-state index is 11.6. The highest BCUT2D eigenvalue weighted by Gasteiger charge is 2.12. The highest BCUT2D eigenvalue weighted by molar-refractivity contribution is 6.31. The van der Waals surface area contributed by atoms with E-state index in [1.807, 2.05) is 19.0 Å². The number of esters is 1. The quantitative estimate of drug-likeness (QED) is 0.789. The smallest absolute Gasteiger partial charge is 0.337 e. The molecule has 112 valence electrons. The van der Waals surface area contributed by atoms with E-state index in [0.717, 1.165) is 11.4 Å². The van der Waals surface area contributed by atoms with E-state index < -0.39 is 0 Å². The van der Waals surface area contributed by atoms with Crippen LogP contribution in [-0.2, 0) is 24.9 Å². The van der Waals surface area contributed by atoms with Crippen molar-refractivity contribution in [3.8, 4) is 0 Å². The highest BCUT2D eigenvalue weighted by Crippen LogP contribution is 2.20. The number of carbonyl (C=O) groups is 1. The summed E-state index contributed by atoms with van der Waals surface area (Å²) in [6.07, 6.45) is 1.52. The van der Waals surface area contributed by atoms with Crippen molar-refractivity contribution in [1.29, 1.82) is 0 Å². The zero-order valence-corrected chi connectivity index (χ0v) is 13.0. The summed E-state index contributed by atoms with van der Waals surface area (Å²) in [5, 5.41) is 4.65. The maximum atomic E-state index is 11.6. The monoisotopic (exact) mass is 308 g/mol. The van der Waals surface area contributed by atoms with Gasteiger partial charge in [0, 0.05) is 18.6 Å². The summed E-state index contributed by atoms with van der Waals surface area (Å²) in [6, 6.07) is 5.11. The van der Waals surface area contributed by atoms with E-state index in [9.17, 15) is 4.79 Å². The van der Waals surface area contributed by atoms with E-state index in [-0.39, 0.29) is 5.97 Å². The lowest BCUT2D eigenvalue weighted by atomic mass is 10.1. The van der Waals surface area contributed by atoms with Gasteiger partial charge in [0.05, 0.1) is 19.2 Å². The van der Waals surface area contributed by atoms with E-state index in [1.165, 1.54) is 13.4 Å². The molecule has 0 unspecified atom stereocenters. The predicted molar refractivity (Wildman–Crippen MR) is 79.0 cm³/mol. The number of aryl methyl sites for hydroxylation is 1. The molecule has 0 saturated heterocycles. The Morgan fingerprint density at radius 3 is 2.81 bits per heavy atom. The largest absolute Gasteiger partial charge is 0.465 e. The molecule has 1 heterocycles. The number of aromatic nitrogens is 3. The Balaban J connectivity index is 2.11. The van der Waals surface area contributed by atoms with Gasteiger partial charge in [0.2, 0.25) is 0 Å². The van der Waals surface area contributed by atoms with Crippen LogP contribution >= 0.6 is 11.6 Å². The molecule has 0 aliphatic heterocycles. The molecule has 21 heavy (non-hydrogen) atoms. The lowest BCUT2D eigenvalue weighted by molar-refractivity contribution is 0.0600. The van der Waals surface area contributed by atoms with E-state index in [1.54, 1.807) is 22.9 Å². The van der Waals surface area contributed by atoms with Crippen molar-refractivity contribution in [3.05, 3.63) is 46.5 Å². The first kappa shape index (κ1) is 15.5. The number of hydrogen-bond acceptors (Lipinski definition) is 5. The molecule has 0 aliphatic rings. The number of hydrogen-bond donors (Lipinski definition) is 0. The molecule has 0 atom stereocenters. The molecule has 2 aromatic rings. The summed E-state index contributed by atoms with van der Waals surface area (Å²) in [5.41, 5.74) is 1.35. The first-order valence-electron chi connectivity index (χ1n) is 6.39. The molecule has 0 radical (unpaired) electrons. The van der Waals surface area contributed by atoms with Crippen LogP contribution in [0.1, 0.15) is 21.7 Å². The Kier molecular flexibility index (Phi) is 4.93. The zero-order valence-electron chi connectivity index (χ0n) is 12.2. The Hall–Kier alpha value is -1.92. The number of nitrogens with zero attached hydrogens (tertiary/aromatic N) is 4. The van der Waals surface area contributed by atoms with Crippen LogP contribution < -0.4 is 0 Å². The van der Waals surface area contributed by atoms with Gasteiger partial charge in [0.1, 0.15) is 12.2 Å². The minimum Gasteiger partial charge on any atom is -0.465 e. The molecular weight excluding hydrogens is 292 g/mol. The standard InChI is InChI=1S/C14H17ClN4O2/c1-18(8-13-16-9-17-19(13)2)7-11-6-10(14(20)21-3)4-5-12(11)15/h4-6,9H,7-8H2,1-3H3.